The first-order valence-corrected chi connectivity index (χ1v) is 8.54. The number of carboxylic acid groups (broad SMARTS) is 1. The van der Waals surface area contributed by atoms with E-state index < -0.39 is 12.0 Å². The maximum Gasteiger partial charge on any atom is 0.326 e. The SMILES string of the molecule is CC(C)CC(NC(=O)C1CCCCC1)C(=O)O.c1ccccc1. The molecule has 1 unspecified atom stereocenters. The van der Waals surface area contributed by atoms with Crippen molar-refractivity contribution in [1.29, 1.82) is 0 Å². The molecule has 1 aliphatic rings. The van der Waals surface area contributed by atoms with Crippen molar-refractivity contribution < 1.29 is 14.7 Å². The molecule has 0 heterocycles. The zero-order valence-corrected chi connectivity index (χ0v) is 14.2. The number of rotatable bonds is 5. The van der Waals surface area contributed by atoms with Crippen LogP contribution in [0.2, 0.25) is 0 Å². The van der Waals surface area contributed by atoms with Gasteiger partial charge in [0.15, 0.2) is 0 Å². The van der Waals surface area contributed by atoms with E-state index in [-0.39, 0.29) is 17.7 Å². The summed E-state index contributed by atoms with van der Waals surface area (Å²) in [4.78, 5) is 23.0. The lowest BCUT2D eigenvalue weighted by Gasteiger charge is -2.23. The van der Waals surface area contributed by atoms with Gasteiger partial charge in [-0.1, -0.05) is 69.5 Å². The van der Waals surface area contributed by atoms with Crippen LogP contribution in [0.15, 0.2) is 36.4 Å². The molecule has 1 aliphatic carbocycles. The van der Waals surface area contributed by atoms with Crippen LogP contribution in [0.5, 0.6) is 0 Å². The summed E-state index contributed by atoms with van der Waals surface area (Å²) in [7, 11) is 0. The van der Waals surface area contributed by atoms with E-state index in [0.29, 0.717) is 6.42 Å². The van der Waals surface area contributed by atoms with Gasteiger partial charge in [0.1, 0.15) is 6.04 Å². The van der Waals surface area contributed by atoms with E-state index >= 15 is 0 Å². The molecule has 128 valence electrons. The molecule has 0 radical (unpaired) electrons. The summed E-state index contributed by atoms with van der Waals surface area (Å²) in [5.41, 5.74) is 0. The Bertz CT molecular complexity index is 426. The molecule has 4 nitrogen and oxygen atoms in total. The Morgan fingerprint density at radius 1 is 1.00 bits per heavy atom. The fraction of sp³-hybridized carbons (Fsp3) is 0.579. The molecular formula is C19H29NO3. The van der Waals surface area contributed by atoms with Gasteiger partial charge in [0, 0.05) is 5.92 Å². The second kappa shape index (κ2) is 10.8. The van der Waals surface area contributed by atoms with Crippen molar-refractivity contribution in [3.63, 3.8) is 0 Å². The van der Waals surface area contributed by atoms with Gasteiger partial charge < -0.3 is 10.4 Å². The lowest BCUT2D eigenvalue weighted by molar-refractivity contribution is -0.143. The number of aliphatic carboxylic acids is 1. The summed E-state index contributed by atoms with van der Waals surface area (Å²) in [6.45, 7) is 3.92. The normalized spacial score (nSPS) is 16.1. The number of benzene rings is 1. The third-order valence-corrected chi connectivity index (χ3v) is 3.96. The van der Waals surface area contributed by atoms with Crippen LogP contribution >= 0.6 is 0 Å². The topological polar surface area (TPSA) is 66.4 Å². The highest BCUT2D eigenvalue weighted by Gasteiger charge is 2.26. The molecule has 2 N–H and O–H groups in total. The average Bonchev–Trinajstić information content (AvgIpc) is 2.56. The van der Waals surface area contributed by atoms with Crippen LogP contribution in [0, 0.1) is 11.8 Å². The first kappa shape index (κ1) is 19.2. The van der Waals surface area contributed by atoms with E-state index in [0.717, 1.165) is 25.7 Å². The van der Waals surface area contributed by atoms with Gasteiger partial charge in [0.25, 0.3) is 0 Å². The van der Waals surface area contributed by atoms with Gasteiger partial charge in [-0.25, -0.2) is 4.79 Å². The molecule has 2 rings (SSSR count). The lowest BCUT2D eigenvalue weighted by atomic mass is 9.88. The molecule has 4 heteroatoms. The molecule has 0 spiro atoms. The Kier molecular flexibility index (Phi) is 9.03. The lowest BCUT2D eigenvalue weighted by Crippen LogP contribution is -2.44. The van der Waals surface area contributed by atoms with Gasteiger partial charge in [-0.05, 0) is 25.2 Å². The molecule has 1 aromatic rings. The van der Waals surface area contributed by atoms with Crippen LogP contribution in [0.4, 0.5) is 0 Å². The molecule has 0 bridgehead atoms. The van der Waals surface area contributed by atoms with Crippen molar-refractivity contribution in [3.05, 3.63) is 36.4 Å². The third kappa shape index (κ3) is 8.38. The third-order valence-electron chi connectivity index (χ3n) is 3.96. The monoisotopic (exact) mass is 319 g/mol. The van der Waals surface area contributed by atoms with Gasteiger partial charge in [0.2, 0.25) is 5.91 Å². The Morgan fingerprint density at radius 3 is 1.87 bits per heavy atom. The molecule has 1 saturated carbocycles. The predicted molar refractivity (Wildman–Crippen MR) is 92.0 cm³/mol. The second-order valence-electron chi connectivity index (χ2n) is 6.52. The molecule has 1 amide bonds. The maximum atomic E-state index is 11.9. The number of amides is 1. The minimum atomic E-state index is -0.928. The summed E-state index contributed by atoms with van der Waals surface area (Å²) in [5.74, 6) is -0.707. The zero-order chi connectivity index (χ0) is 17.1. The molecule has 1 aromatic carbocycles. The van der Waals surface area contributed by atoms with Crippen molar-refractivity contribution >= 4 is 11.9 Å². The summed E-state index contributed by atoms with van der Waals surface area (Å²) >= 11 is 0. The Hall–Kier alpha value is -1.84. The van der Waals surface area contributed by atoms with Gasteiger partial charge >= 0.3 is 5.97 Å². The minimum absolute atomic E-state index is 0.0257. The number of nitrogens with one attached hydrogen (secondary N) is 1. The van der Waals surface area contributed by atoms with E-state index in [2.05, 4.69) is 5.32 Å². The molecular weight excluding hydrogens is 290 g/mol. The first-order valence-electron chi connectivity index (χ1n) is 8.54. The molecule has 0 aliphatic heterocycles. The predicted octanol–water partition coefficient (Wildman–Crippen LogP) is 3.87. The molecule has 23 heavy (non-hydrogen) atoms. The summed E-state index contributed by atoms with van der Waals surface area (Å²) in [6, 6.07) is 11.3. The number of carbonyl (C=O) groups excluding carboxylic acids is 1. The van der Waals surface area contributed by atoms with Crippen LogP contribution < -0.4 is 5.32 Å². The van der Waals surface area contributed by atoms with E-state index in [1.165, 1.54) is 6.42 Å². The van der Waals surface area contributed by atoms with Crippen molar-refractivity contribution in [1.82, 2.24) is 5.32 Å². The Balaban J connectivity index is 0.000000366. The van der Waals surface area contributed by atoms with E-state index in [1.54, 1.807) is 0 Å². The van der Waals surface area contributed by atoms with Gasteiger partial charge in [-0.2, -0.15) is 0 Å². The van der Waals surface area contributed by atoms with Crippen LogP contribution in [0.1, 0.15) is 52.4 Å². The smallest absolute Gasteiger partial charge is 0.326 e. The standard InChI is InChI=1S/C13H23NO3.C6H6/c1-9(2)8-11(13(16)17)14-12(15)10-6-4-3-5-7-10;1-2-4-6-5-3-1/h9-11H,3-8H2,1-2H3,(H,14,15)(H,16,17);1-6H. The maximum absolute atomic E-state index is 11.9. The van der Waals surface area contributed by atoms with E-state index in [1.807, 2.05) is 50.2 Å². The quantitative estimate of drug-likeness (QED) is 0.866. The number of carboxylic acids is 1. The average molecular weight is 319 g/mol. The number of hydrogen-bond donors (Lipinski definition) is 2. The summed E-state index contributed by atoms with van der Waals surface area (Å²) in [5, 5.41) is 11.7. The van der Waals surface area contributed by atoms with E-state index in [4.69, 9.17) is 5.11 Å². The fourth-order valence-electron chi connectivity index (χ4n) is 2.73. The fourth-order valence-corrected chi connectivity index (χ4v) is 2.73. The van der Waals surface area contributed by atoms with Crippen molar-refractivity contribution in [3.8, 4) is 0 Å². The van der Waals surface area contributed by atoms with E-state index in [9.17, 15) is 9.59 Å². The molecule has 1 atom stereocenters. The number of carbonyl (C=O) groups is 2. The molecule has 1 fully saturated rings. The molecule has 0 saturated heterocycles. The van der Waals surface area contributed by atoms with Crippen molar-refractivity contribution in [2.24, 2.45) is 11.8 Å². The summed E-state index contributed by atoms with van der Waals surface area (Å²) < 4.78 is 0. The minimum Gasteiger partial charge on any atom is -0.480 e. The largest absolute Gasteiger partial charge is 0.480 e. The molecule has 0 aromatic heterocycles. The zero-order valence-electron chi connectivity index (χ0n) is 14.2. The van der Waals surface area contributed by atoms with Crippen LogP contribution in [0.25, 0.3) is 0 Å². The summed E-state index contributed by atoms with van der Waals surface area (Å²) in [6.07, 6.45) is 5.66. The van der Waals surface area contributed by atoms with Crippen molar-refractivity contribution in [2.45, 2.75) is 58.4 Å². The van der Waals surface area contributed by atoms with Gasteiger partial charge in [-0.15, -0.1) is 0 Å². The van der Waals surface area contributed by atoms with Crippen LogP contribution in [-0.4, -0.2) is 23.0 Å². The highest BCUT2D eigenvalue weighted by molar-refractivity contribution is 5.85. The van der Waals surface area contributed by atoms with Crippen LogP contribution in [0.3, 0.4) is 0 Å². The van der Waals surface area contributed by atoms with Gasteiger partial charge in [0.05, 0.1) is 0 Å². The first-order chi connectivity index (χ1) is 11.0. The second-order valence-corrected chi connectivity index (χ2v) is 6.52. The van der Waals surface area contributed by atoms with Crippen molar-refractivity contribution in [2.75, 3.05) is 0 Å². The number of hydrogen-bond acceptors (Lipinski definition) is 2. The highest BCUT2D eigenvalue weighted by atomic mass is 16.4. The Morgan fingerprint density at radius 2 is 1.48 bits per heavy atom. The van der Waals surface area contributed by atoms with Crippen LogP contribution in [-0.2, 0) is 9.59 Å². The van der Waals surface area contributed by atoms with Gasteiger partial charge in [-0.3, -0.25) is 4.79 Å². The Labute approximate surface area is 139 Å². The highest BCUT2D eigenvalue weighted by Crippen LogP contribution is 2.24.